The molecule has 2 aliphatic carbocycles. The van der Waals surface area contributed by atoms with Crippen LogP contribution in [0.2, 0.25) is 5.02 Å². The molecule has 0 unspecified atom stereocenters. The Morgan fingerprint density at radius 1 is 1.16 bits per heavy atom. The molecule has 0 atom stereocenters. The van der Waals surface area contributed by atoms with Gasteiger partial charge in [0.25, 0.3) is 0 Å². The van der Waals surface area contributed by atoms with Gasteiger partial charge in [0.15, 0.2) is 0 Å². The van der Waals surface area contributed by atoms with Crippen LogP contribution in [0.1, 0.15) is 43.5 Å². The molecule has 1 saturated heterocycles. The number of rotatable bonds is 8. The molecule has 1 saturated carbocycles. The van der Waals surface area contributed by atoms with Gasteiger partial charge < -0.3 is 19.9 Å². The summed E-state index contributed by atoms with van der Waals surface area (Å²) >= 11 is 12.7. The number of carbonyl (C=O) groups excluding carboxylic acids is 1. The van der Waals surface area contributed by atoms with E-state index in [2.05, 4.69) is 27.5 Å². The van der Waals surface area contributed by atoms with Gasteiger partial charge in [-0.15, -0.1) is 0 Å². The van der Waals surface area contributed by atoms with Gasteiger partial charge in [-0.2, -0.15) is 5.10 Å². The Kier molecular flexibility index (Phi) is 11.3. The Hall–Kier alpha value is -2.10. The lowest BCUT2D eigenvalue weighted by Gasteiger charge is -2.37. The van der Waals surface area contributed by atoms with Gasteiger partial charge in [0.05, 0.1) is 25.0 Å². The first-order chi connectivity index (χ1) is 17.9. The minimum absolute atomic E-state index is 0.0497. The average Bonchev–Trinajstić information content (AvgIpc) is 3.49. The Morgan fingerprint density at radius 2 is 1.84 bits per heavy atom. The van der Waals surface area contributed by atoms with Crippen molar-refractivity contribution in [1.82, 2.24) is 24.9 Å². The summed E-state index contributed by atoms with van der Waals surface area (Å²) in [6, 6.07) is 0.552. The number of allylic oxidation sites excluding steroid dienone is 2. The van der Waals surface area contributed by atoms with Crippen molar-refractivity contribution in [2.75, 3.05) is 47.0 Å². The van der Waals surface area contributed by atoms with Crippen LogP contribution in [0, 0.1) is 6.92 Å². The Labute approximate surface area is 228 Å². The zero-order valence-corrected chi connectivity index (χ0v) is 23.3. The molecule has 206 valence electrons. The molecule has 0 spiro atoms. The summed E-state index contributed by atoms with van der Waals surface area (Å²) in [4.78, 5) is 17.1. The first-order valence-electron chi connectivity index (χ1n) is 12.6. The maximum atomic E-state index is 13.1. The Balaban J connectivity index is 0.00000186. The van der Waals surface area contributed by atoms with Crippen LogP contribution in [0.4, 0.5) is 8.78 Å². The van der Waals surface area contributed by atoms with Crippen LogP contribution >= 0.6 is 23.2 Å². The number of amides is 1. The molecule has 1 aromatic heterocycles. The van der Waals surface area contributed by atoms with Gasteiger partial charge in [-0.1, -0.05) is 36.0 Å². The number of halogens is 4. The van der Waals surface area contributed by atoms with Gasteiger partial charge in [-0.3, -0.25) is 13.9 Å². The number of alkyl halides is 2. The summed E-state index contributed by atoms with van der Waals surface area (Å²) in [6.07, 6.45) is 9.71. The molecule has 1 N–H and O–H groups in total. The highest BCUT2D eigenvalue weighted by Crippen LogP contribution is 2.28. The normalized spacial score (nSPS) is 18.8. The molecule has 0 radical (unpaired) electrons. The lowest BCUT2D eigenvalue weighted by Crippen LogP contribution is -2.49. The van der Waals surface area contributed by atoms with Gasteiger partial charge in [0.1, 0.15) is 24.7 Å². The Bertz CT molecular complexity index is 1030. The van der Waals surface area contributed by atoms with Gasteiger partial charge in [0.2, 0.25) is 5.91 Å². The number of hydrogen-bond acceptors (Lipinski definition) is 5. The fraction of sp³-hybridized carbons (Fsp3) is 0.615. The third-order valence-corrected chi connectivity index (χ3v) is 7.82. The summed E-state index contributed by atoms with van der Waals surface area (Å²) < 4.78 is 29.7. The van der Waals surface area contributed by atoms with E-state index < -0.39 is 6.67 Å². The van der Waals surface area contributed by atoms with Crippen LogP contribution < -0.4 is 5.32 Å². The number of piperazine rings is 1. The highest BCUT2D eigenvalue weighted by Gasteiger charge is 2.26. The van der Waals surface area contributed by atoms with Crippen LogP contribution in [0.15, 0.2) is 34.2 Å². The number of methoxy groups -OCH3 is 1. The SMILES string of the molecule is CF.COC1=CC(N2CCN(C(=O)Cn3nc(CF)c(Cl)c3C)CC2)=C(CNC2CCCC2)C=C(Cl)C1. The van der Waals surface area contributed by atoms with Crippen molar-refractivity contribution in [2.45, 2.75) is 58.3 Å². The maximum Gasteiger partial charge on any atom is 0.244 e. The molecule has 11 heteroatoms. The molecule has 1 amide bonds. The summed E-state index contributed by atoms with van der Waals surface area (Å²) in [7, 11) is 2.17. The number of carbonyl (C=O) groups is 1. The molecule has 1 aromatic rings. The molecular formula is C26H37Cl2F2N5O2. The molecule has 0 aromatic carbocycles. The topological polar surface area (TPSA) is 62.6 Å². The predicted molar refractivity (Wildman–Crippen MR) is 143 cm³/mol. The first-order valence-corrected chi connectivity index (χ1v) is 13.4. The first kappa shape index (κ1) is 29.5. The smallest absolute Gasteiger partial charge is 0.244 e. The lowest BCUT2D eigenvalue weighted by atomic mass is 10.1. The fourth-order valence-corrected chi connectivity index (χ4v) is 5.43. The van der Waals surface area contributed by atoms with Crippen molar-refractivity contribution in [3.8, 4) is 0 Å². The van der Waals surface area contributed by atoms with E-state index >= 15 is 0 Å². The van der Waals surface area contributed by atoms with Crippen molar-refractivity contribution in [2.24, 2.45) is 0 Å². The van der Waals surface area contributed by atoms with E-state index in [9.17, 15) is 13.6 Å². The highest BCUT2D eigenvalue weighted by molar-refractivity contribution is 6.31. The van der Waals surface area contributed by atoms with Crippen LogP contribution in [0.25, 0.3) is 0 Å². The van der Waals surface area contributed by atoms with E-state index in [0.29, 0.717) is 51.5 Å². The highest BCUT2D eigenvalue weighted by atomic mass is 35.5. The van der Waals surface area contributed by atoms with Crippen LogP contribution in [0.5, 0.6) is 0 Å². The number of aromatic nitrogens is 2. The standard InChI is InChI=1S/C25H34Cl2FN5O2.CH3F/c1-17-25(27)22(14-28)30-33(17)16-24(34)32-9-7-31(8-10-32)23-13-21(35-2)12-19(26)11-18(23)15-29-20-5-3-4-6-20;1-2/h11,13,20,29H,3-10,12,14-16H2,1-2H3;1H3. The third kappa shape index (κ3) is 7.48. The zero-order chi connectivity index (χ0) is 26.9. The summed E-state index contributed by atoms with van der Waals surface area (Å²) in [5, 5.41) is 8.89. The van der Waals surface area contributed by atoms with E-state index in [-0.39, 0.29) is 23.2 Å². The van der Waals surface area contributed by atoms with Gasteiger partial charge in [-0.05, 0) is 37.5 Å². The molecule has 2 fully saturated rings. The van der Waals surface area contributed by atoms with Crippen molar-refractivity contribution in [3.63, 3.8) is 0 Å². The third-order valence-electron chi connectivity index (χ3n) is 7.08. The van der Waals surface area contributed by atoms with Crippen LogP contribution in [-0.2, 0) is 22.8 Å². The van der Waals surface area contributed by atoms with Crippen LogP contribution in [0.3, 0.4) is 0 Å². The second-order valence-corrected chi connectivity index (χ2v) is 10.2. The van der Waals surface area contributed by atoms with Crippen molar-refractivity contribution in [1.29, 1.82) is 0 Å². The largest absolute Gasteiger partial charge is 0.501 e. The molecule has 7 nitrogen and oxygen atoms in total. The summed E-state index contributed by atoms with van der Waals surface area (Å²) in [5.74, 6) is 0.775. The zero-order valence-electron chi connectivity index (χ0n) is 21.8. The fourth-order valence-electron chi connectivity index (χ4n) is 4.98. The molecule has 4 rings (SSSR count). The number of ether oxygens (including phenoxy) is 1. The number of nitrogens with zero attached hydrogens (tertiary/aromatic N) is 4. The second-order valence-electron chi connectivity index (χ2n) is 9.36. The molecule has 0 bridgehead atoms. The molecular weight excluding hydrogens is 523 g/mol. The van der Waals surface area contributed by atoms with Gasteiger partial charge in [-0.25, -0.2) is 4.39 Å². The average molecular weight is 561 g/mol. The molecule has 2 heterocycles. The molecule has 3 aliphatic rings. The van der Waals surface area contributed by atoms with E-state index in [0.717, 1.165) is 28.6 Å². The lowest BCUT2D eigenvalue weighted by molar-refractivity contribution is -0.133. The van der Waals surface area contributed by atoms with Gasteiger partial charge >= 0.3 is 0 Å². The van der Waals surface area contributed by atoms with Crippen molar-refractivity contribution < 1.29 is 18.3 Å². The summed E-state index contributed by atoms with van der Waals surface area (Å²) in [6.45, 7) is 4.37. The maximum absolute atomic E-state index is 13.1. The van der Waals surface area contributed by atoms with Crippen molar-refractivity contribution >= 4 is 29.1 Å². The second kappa shape index (κ2) is 14.2. The minimum atomic E-state index is -0.748. The predicted octanol–water partition coefficient (Wildman–Crippen LogP) is 4.89. The Morgan fingerprint density at radius 3 is 2.43 bits per heavy atom. The summed E-state index contributed by atoms with van der Waals surface area (Å²) in [5.41, 5.74) is 3.02. The monoisotopic (exact) mass is 559 g/mol. The van der Waals surface area contributed by atoms with Gasteiger partial charge in [0, 0.05) is 55.9 Å². The van der Waals surface area contributed by atoms with Crippen LogP contribution in [-0.4, -0.2) is 78.5 Å². The quantitative estimate of drug-likeness (QED) is 0.491. The van der Waals surface area contributed by atoms with E-state index in [4.69, 9.17) is 27.9 Å². The minimum Gasteiger partial charge on any atom is -0.501 e. The van der Waals surface area contributed by atoms with E-state index in [1.807, 2.05) is 4.90 Å². The van der Waals surface area contributed by atoms with E-state index in [1.54, 1.807) is 14.0 Å². The van der Waals surface area contributed by atoms with Crippen molar-refractivity contribution in [3.05, 3.63) is 50.6 Å². The molecule has 37 heavy (non-hydrogen) atoms. The number of hydrogen-bond donors (Lipinski definition) is 1. The molecule has 1 aliphatic heterocycles. The number of nitrogens with one attached hydrogen (secondary N) is 1. The van der Waals surface area contributed by atoms with E-state index in [1.165, 1.54) is 30.4 Å².